The summed E-state index contributed by atoms with van der Waals surface area (Å²) in [7, 11) is 5.84. The van der Waals surface area contributed by atoms with Gasteiger partial charge >= 0.3 is 5.97 Å². The van der Waals surface area contributed by atoms with E-state index in [9.17, 15) is 19.2 Å². The summed E-state index contributed by atoms with van der Waals surface area (Å²) in [5.74, 6) is -0.249. The Morgan fingerprint density at radius 1 is 0.828 bits per heavy atom. The molecule has 6 rings (SSSR count). The molecule has 0 saturated heterocycles. The first-order chi connectivity index (χ1) is 28.2. The first-order valence-corrected chi connectivity index (χ1v) is 20.4. The fourth-order valence-electron chi connectivity index (χ4n) is 6.79. The summed E-state index contributed by atoms with van der Waals surface area (Å²) in [6.07, 6.45) is 4.38. The Hall–Kier alpha value is -6.05. The quantitative estimate of drug-likeness (QED) is 0.0537. The van der Waals surface area contributed by atoms with E-state index in [1.807, 2.05) is 31.2 Å². The lowest BCUT2D eigenvalue weighted by molar-refractivity contribution is -0.116. The third-order valence-corrected chi connectivity index (χ3v) is 12.3. The predicted molar refractivity (Wildman–Crippen MR) is 228 cm³/mol. The zero-order chi connectivity index (χ0) is 41.2. The maximum Gasteiger partial charge on any atom is 0.341 e. The zero-order valence-electron chi connectivity index (χ0n) is 32.9. The second-order valence-corrected chi connectivity index (χ2v) is 15.7. The van der Waals surface area contributed by atoms with Crippen LogP contribution in [0.4, 0.5) is 10.7 Å². The lowest BCUT2D eigenvalue weighted by Gasteiger charge is -2.22. The van der Waals surface area contributed by atoms with Crippen molar-refractivity contribution in [2.24, 2.45) is 0 Å². The van der Waals surface area contributed by atoms with E-state index in [4.69, 9.17) is 18.9 Å². The molecule has 58 heavy (non-hydrogen) atoms. The summed E-state index contributed by atoms with van der Waals surface area (Å²) in [5, 5.41) is 8.69. The van der Waals surface area contributed by atoms with Gasteiger partial charge < -0.3 is 34.9 Å². The van der Waals surface area contributed by atoms with E-state index in [0.29, 0.717) is 63.4 Å². The number of ether oxygens (including phenoxy) is 4. The molecule has 2 atom stereocenters. The molecule has 0 saturated carbocycles. The van der Waals surface area contributed by atoms with Gasteiger partial charge in [0.1, 0.15) is 16.4 Å². The Morgan fingerprint density at radius 2 is 1.52 bits per heavy atom. The van der Waals surface area contributed by atoms with E-state index in [1.54, 1.807) is 60.7 Å². The van der Waals surface area contributed by atoms with Gasteiger partial charge in [-0.3, -0.25) is 14.4 Å². The average Bonchev–Trinajstić information content (AvgIpc) is 3.62. The van der Waals surface area contributed by atoms with Crippen molar-refractivity contribution in [2.75, 3.05) is 39.1 Å². The number of nitrogens with one attached hydrogen (secondary N) is 3. The number of thiophene rings is 1. The topological polar surface area (TPSA) is 141 Å². The minimum Gasteiger partial charge on any atom is -0.496 e. The second-order valence-electron chi connectivity index (χ2n) is 13.4. The van der Waals surface area contributed by atoms with Crippen LogP contribution in [0.25, 0.3) is 6.08 Å². The first kappa shape index (κ1) is 41.6. The number of methoxy groups -OCH3 is 4. The Morgan fingerprint density at radius 3 is 2.19 bits per heavy atom. The number of amides is 3. The number of anilines is 2. The monoisotopic (exact) mass is 819 g/mol. The molecule has 5 aromatic rings. The van der Waals surface area contributed by atoms with Crippen LogP contribution in [-0.4, -0.2) is 57.4 Å². The summed E-state index contributed by atoms with van der Waals surface area (Å²) in [4.78, 5) is 56.0. The van der Waals surface area contributed by atoms with Gasteiger partial charge in [0.05, 0.1) is 39.3 Å². The summed E-state index contributed by atoms with van der Waals surface area (Å²) in [6, 6.07) is 29.3. The van der Waals surface area contributed by atoms with E-state index < -0.39 is 23.0 Å². The number of thioether (sulfide) groups is 1. The molecule has 300 valence electrons. The fourth-order valence-corrected chi connectivity index (χ4v) is 9.12. The molecule has 13 heteroatoms. The zero-order valence-corrected chi connectivity index (χ0v) is 34.5. The van der Waals surface area contributed by atoms with Gasteiger partial charge in [-0.05, 0) is 85.2 Å². The Labute approximate surface area is 346 Å². The van der Waals surface area contributed by atoms with Crippen LogP contribution in [0, 0.1) is 0 Å². The number of fused-ring (bicyclic) bond motifs is 1. The van der Waals surface area contributed by atoms with E-state index >= 15 is 0 Å². The maximum atomic E-state index is 14.0. The largest absolute Gasteiger partial charge is 0.496 e. The molecule has 1 heterocycles. The van der Waals surface area contributed by atoms with Gasteiger partial charge in [-0.1, -0.05) is 61.5 Å². The summed E-state index contributed by atoms with van der Waals surface area (Å²) < 4.78 is 21.7. The molecular formula is C45H45N3O8S2. The van der Waals surface area contributed by atoms with Crippen LogP contribution in [-0.2, 0) is 27.2 Å². The number of hydrogen-bond donors (Lipinski definition) is 3. The van der Waals surface area contributed by atoms with Crippen LogP contribution in [0.1, 0.15) is 68.0 Å². The van der Waals surface area contributed by atoms with Crippen LogP contribution in [0.2, 0.25) is 0 Å². The van der Waals surface area contributed by atoms with Crippen molar-refractivity contribution in [3.63, 3.8) is 0 Å². The van der Waals surface area contributed by atoms with Crippen molar-refractivity contribution >= 4 is 63.6 Å². The summed E-state index contributed by atoms with van der Waals surface area (Å²) in [5.41, 5.74) is 3.84. The van der Waals surface area contributed by atoms with Gasteiger partial charge in [-0.25, -0.2) is 4.79 Å². The lowest BCUT2D eigenvalue weighted by atomic mass is 9.83. The third-order valence-electron chi connectivity index (χ3n) is 9.76. The normalized spacial score (nSPS) is 14.0. The predicted octanol–water partition coefficient (Wildman–Crippen LogP) is 8.75. The molecule has 4 aromatic carbocycles. The number of hydrogen-bond acceptors (Lipinski definition) is 10. The molecular weight excluding hydrogens is 775 g/mol. The maximum absolute atomic E-state index is 14.0. The van der Waals surface area contributed by atoms with Crippen LogP contribution in [0.15, 0.2) is 108 Å². The Balaban J connectivity index is 1.21. The Bertz CT molecular complexity index is 2310. The highest BCUT2D eigenvalue weighted by Gasteiger charge is 2.32. The van der Waals surface area contributed by atoms with Crippen molar-refractivity contribution in [3.05, 3.63) is 135 Å². The molecule has 1 aliphatic rings. The van der Waals surface area contributed by atoms with Crippen molar-refractivity contribution in [3.8, 4) is 17.2 Å². The molecule has 3 amide bonds. The van der Waals surface area contributed by atoms with E-state index in [0.717, 1.165) is 28.2 Å². The van der Waals surface area contributed by atoms with Gasteiger partial charge in [0.15, 0.2) is 11.5 Å². The molecule has 0 bridgehead atoms. The molecule has 0 fully saturated rings. The van der Waals surface area contributed by atoms with E-state index in [1.165, 1.54) is 63.2 Å². The first-order valence-electron chi connectivity index (χ1n) is 18.7. The van der Waals surface area contributed by atoms with E-state index in [2.05, 4.69) is 28.1 Å². The molecule has 1 aromatic heterocycles. The molecule has 2 unspecified atom stereocenters. The Kier molecular flexibility index (Phi) is 13.9. The lowest BCUT2D eigenvalue weighted by Crippen LogP contribution is -2.30. The molecule has 1 aliphatic carbocycles. The number of esters is 1. The standard InChI is InChI=1S/C45H45N3O8S2/c1-6-38(43(51)48-44-40(45(52)56-5)33-21-20-29(24-39(33)58-44)27-14-9-7-10-15-27)57-32-19-13-18-31(25-32)46-42(50)34(47-41(49)28-16-11-8-12-17-28)22-30-23-36(54-3)37(55-4)26-35(30)53-2/h7-19,22-23,25-26,29,38H,6,20-21,24H2,1-5H3,(H,46,50)(H,47,49)(H,48,51)/b34-22+. The molecule has 11 nitrogen and oxygen atoms in total. The molecule has 0 spiro atoms. The molecule has 3 N–H and O–H groups in total. The molecule has 0 radical (unpaired) electrons. The van der Waals surface area contributed by atoms with Crippen molar-refractivity contribution < 1.29 is 38.1 Å². The third kappa shape index (κ3) is 9.72. The SMILES string of the molecule is CCC(Sc1cccc(NC(=O)/C(=C\c2cc(OC)c(OC)cc2OC)NC(=O)c2ccccc2)c1)C(=O)Nc1sc2c(c1C(=O)OC)CCC(c1ccccc1)C2. The molecule has 0 aliphatic heterocycles. The number of benzene rings is 4. The average molecular weight is 820 g/mol. The van der Waals surface area contributed by atoms with Crippen molar-refractivity contribution in [1.82, 2.24) is 5.32 Å². The summed E-state index contributed by atoms with van der Waals surface area (Å²) in [6.45, 7) is 1.92. The van der Waals surface area contributed by atoms with Crippen LogP contribution in [0.5, 0.6) is 17.2 Å². The number of rotatable bonds is 15. The van der Waals surface area contributed by atoms with Crippen molar-refractivity contribution in [2.45, 2.75) is 48.7 Å². The highest BCUT2D eigenvalue weighted by molar-refractivity contribution is 8.00. The van der Waals surface area contributed by atoms with Gasteiger partial charge in [-0.15, -0.1) is 23.1 Å². The minimum atomic E-state index is -0.598. The van der Waals surface area contributed by atoms with Gasteiger partial charge in [-0.2, -0.15) is 0 Å². The summed E-state index contributed by atoms with van der Waals surface area (Å²) >= 11 is 2.78. The van der Waals surface area contributed by atoms with Gasteiger partial charge in [0, 0.05) is 32.7 Å². The minimum absolute atomic E-state index is 0.0571. The highest BCUT2D eigenvalue weighted by Crippen LogP contribution is 2.43. The van der Waals surface area contributed by atoms with Gasteiger partial charge in [0.25, 0.3) is 11.8 Å². The van der Waals surface area contributed by atoms with Crippen LogP contribution >= 0.6 is 23.1 Å². The van der Waals surface area contributed by atoms with Gasteiger partial charge in [0.2, 0.25) is 5.91 Å². The van der Waals surface area contributed by atoms with Crippen molar-refractivity contribution in [1.29, 1.82) is 0 Å². The van der Waals surface area contributed by atoms with Crippen LogP contribution in [0.3, 0.4) is 0 Å². The highest BCUT2D eigenvalue weighted by atomic mass is 32.2. The van der Waals surface area contributed by atoms with E-state index in [-0.39, 0.29) is 11.6 Å². The van der Waals surface area contributed by atoms with Crippen LogP contribution < -0.4 is 30.2 Å². The second kappa shape index (κ2) is 19.4. The smallest absolute Gasteiger partial charge is 0.341 e. The fraction of sp³-hybridized carbons (Fsp3) is 0.244. The number of carbonyl (C=O) groups is 4. The number of carbonyl (C=O) groups excluding carboxylic acids is 4.